The standard InChI is InChI=1S/C12H11ClFNS/c13-9-3-4-11(14)12(8-9)15-6-5-10-2-1-7-16-10/h1-4,7-8,15H,5-6H2. The number of thiophene rings is 1. The molecular weight excluding hydrogens is 245 g/mol. The van der Waals surface area contributed by atoms with Gasteiger partial charge in [-0.3, -0.25) is 0 Å². The summed E-state index contributed by atoms with van der Waals surface area (Å²) in [6.45, 7) is 0.706. The van der Waals surface area contributed by atoms with Gasteiger partial charge in [-0.25, -0.2) is 4.39 Å². The molecule has 2 rings (SSSR count). The number of benzene rings is 1. The first-order chi connectivity index (χ1) is 7.75. The minimum absolute atomic E-state index is 0.268. The highest BCUT2D eigenvalue weighted by molar-refractivity contribution is 7.09. The van der Waals surface area contributed by atoms with Crippen LogP contribution < -0.4 is 5.32 Å². The van der Waals surface area contributed by atoms with Crippen LogP contribution in [0.1, 0.15) is 4.88 Å². The first-order valence-corrected chi connectivity index (χ1v) is 6.23. The van der Waals surface area contributed by atoms with E-state index in [1.165, 1.54) is 10.9 Å². The van der Waals surface area contributed by atoms with Gasteiger partial charge in [0.05, 0.1) is 5.69 Å². The Bertz CT molecular complexity index is 456. The van der Waals surface area contributed by atoms with Crippen LogP contribution in [0.4, 0.5) is 10.1 Å². The summed E-state index contributed by atoms with van der Waals surface area (Å²) in [7, 11) is 0. The van der Waals surface area contributed by atoms with Crippen molar-refractivity contribution in [2.45, 2.75) is 6.42 Å². The average Bonchev–Trinajstić information content (AvgIpc) is 2.76. The maximum atomic E-state index is 13.3. The van der Waals surface area contributed by atoms with Gasteiger partial charge in [0.1, 0.15) is 5.82 Å². The van der Waals surface area contributed by atoms with Crippen molar-refractivity contribution < 1.29 is 4.39 Å². The summed E-state index contributed by atoms with van der Waals surface area (Å²) in [5, 5.41) is 5.62. The van der Waals surface area contributed by atoms with E-state index in [2.05, 4.69) is 11.4 Å². The molecule has 1 N–H and O–H groups in total. The third-order valence-corrected chi connectivity index (χ3v) is 3.37. The van der Waals surface area contributed by atoms with Gasteiger partial charge in [0, 0.05) is 16.4 Å². The molecule has 0 aliphatic heterocycles. The van der Waals surface area contributed by atoms with Crippen LogP contribution in [0.25, 0.3) is 0 Å². The monoisotopic (exact) mass is 255 g/mol. The van der Waals surface area contributed by atoms with Crippen LogP contribution in [0.5, 0.6) is 0 Å². The molecule has 0 unspecified atom stereocenters. The molecule has 0 saturated carbocycles. The molecule has 1 heterocycles. The summed E-state index contributed by atoms with van der Waals surface area (Å²) in [6.07, 6.45) is 0.892. The van der Waals surface area contributed by atoms with Gasteiger partial charge in [0.25, 0.3) is 0 Å². The Balaban J connectivity index is 1.92. The second-order valence-electron chi connectivity index (χ2n) is 3.38. The van der Waals surface area contributed by atoms with Crippen molar-refractivity contribution in [1.29, 1.82) is 0 Å². The molecular formula is C12H11ClFNS. The lowest BCUT2D eigenvalue weighted by molar-refractivity contribution is 0.630. The summed E-state index contributed by atoms with van der Waals surface area (Å²) < 4.78 is 13.3. The number of hydrogen-bond donors (Lipinski definition) is 1. The lowest BCUT2D eigenvalue weighted by Crippen LogP contribution is -2.05. The second kappa shape index (κ2) is 5.32. The van der Waals surface area contributed by atoms with Gasteiger partial charge < -0.3 is 5.32 Å². The summed E-state index contributed by atoms with van der Waals surface area (Å²) in [4.78, 5) is 1.29. The van der Waals surface area contributed by atoms with Crippen molar-refractivity contribution >= 4 is 28.6 Å². The predicted molar refractivity (Wildman–Crippen MR) is 67.9 cm³/mol. The Morgan fingerprint density at radius 1 is 1.31 bits per heavy atom. The average molecular weight is 256 g/mol. The van der Waals surface area contributed by atoms with Crippen molar-refractivity contribution in [3.63, 3.8) is 0 Å². The lowest BCUT2D eigenvalue weighted by Gasteiger charge is -2.06. The molecule has 1 aromatic carbocycles. The van der Waals surface area contributed by atoms with E-state index in [4.69, 9.17) is 11.6 Å². The fraction of sp³-hybridized carbons (Fsp3) is 0.167. The van der Waals surface area contributed by atoms with E-state index in [-0.39, 0.29) is 5.82 Å². The molecule has 0 radical (unpaired) electrons. The molecule has 0 fully saturated rings. The Kier molecular flexibility index (Phi) is 3.80. The molecule has 0 atom stereocenters. The Labute approximate surface area is 103 Å². The summed E-state index contributed by atoms with van der Waals surface area (Å²) >= 11 is 7.50. The van der Waals surface area contributed by atoms with Crippen molar-refractivity contribution in [3.8, 4) is 0 Å². The second-order valence-corrected chi connectivity index (χ2v) is 4.85. The van der Waals surface area contributed by atoms with Gasteiger partial charge in [-0.15, -0.1) is 11.3 Å². The summed E-state index contributed by atoms with van der Waals surface area (Å²) in [5.41, 5.74) is 0.462. The van der Waals surface area contributed by atoms with E-state index >= 15 is 0 Å². The molecule has 0 aliphatic rings. The Hall–Kier alpha value is -1.06. The molecule has 4 heteroatoms. The first kappa shape index (κ1) is 11.4. The SMILES string of the molecule is Fc1ccc(Cl)cc1NCCc1cccs1. The molecule has 84 valence electrons. The summed E-state index contributed by atoms with van der Waals surface area (Å²) in [6, 6.07) is 8.60. The number of halogens is 2. The maximum absolute atomic E-state index is 13.3. The van der Waals surface area contributed by atoms with Gasteiger partial charge in [0.15, 0.2) is 0 Å². The fourth-order valence-electron chi connectivity index (χ4n) is 1.41. The molecule has 2 aromatic rings. The van der Waals surface area contributed by atoms with E-state index in [0.717, 1.165) is 6.42 Å². The predicted octanol–water partition coefficient (Wildman–Crippen LogP) is 4.20. The van der Waals surface area contributed by atoms with Crippen LogP contribution in [0, 0.1) is 5.82 Å². The van der Waals surface area contributed by atoms with E-state index in [0.29, 0.717) is 17.3 Å². The quantitative estimate of drug-likeness (QED) is 0.864. The number of anilines is 1. The normalized spacial score (nSPS) is 10.4. The van der Waals surface area contributed by atoms with Gasteiger partial charge in [0.2, 0.25) is 0 Å². The van der Waals surface area contributed by atoms with Crippen molar-refractivity contribution in [2.24, 2.45) is 0 Å². The molecule has 0 aliphatic carbocycles. The van der Waals surface area contributed by atoms with Gasteiger partial charge in [-0.1, -0.05) is 17.7 Å². The van der Waals surface area contributed by atoms with Crippen LogP contribution in [0.3, 0.4) is 0 Å². The molecule has 1 nitrogen and oxygen atoms in total. The van der Waals surface area contributed by atoms with Crippen LogP contribution in [0.15, 0.2) is 35.7 Å². The van der Waals surface area contributed by atoms with E-state index in [9.17, 15) is 4.39 Å². The van der Waals surface area contributed by atoms with Crippen molar-refractivity contribution in [2.75, 3.05) is 11.9 Å². The molecule has 1 aromatic heterocycles. The fourth-order valence-corrected chi connectivity index (χ4v) is 2.29. The minimum atomic E-state index is -0.268. The van der Waals surface area contributed by atoms with Crippen LogP contribution in [0.2, 0.25) is 5.02 Å². The molecule has 0 bridgehead atoms. The van der Waals surface area contributed by atoms with E-state index in [1.807, 2.05) is 11.4 Å². The van der Waals surface area contributed by atoms with E-state index in [1.54, 1.807) is 23.5 Å². The third kappa shape index (κ3) is 2.97. The lowest BCUT2D eigenvalue weighted by atomic mass is 10.3. The van der Waals surface area contributed by atoms with E-state index < -0.39 is 0 Å². The molecule has 0 amide bonds. The zero-order valence-corrected chi connectivity index (χ0v) is 10.1. The highest BCUT2D eigenvalue weighted by atomic mass is 35.5. The Morgan fingerprint density at radius 2 is 2.19 bits per heavy atom. The number of hydrogen-bond acceptors (Lipinski definition) is 2. The highest BCUT2D eigenvalue weighted by Crippen LogP contribution is 2.19. The van der Waals surface area contributed by atoms with Crippen LogP contribution in [-0.2, 0) is 6.42 Å². The largest absolute Gasteiger partial charge is 0.382 e. The molecule has 16 heavy (non-hydrogen) atoms. The number of rotatable bonds is 4. The molecule has 0 spiro atoms. The Morgan fingerprint density at radius 3 is 2.94 bits per heavy atom. The minimum Gasteiger partial charge on any atom is -0.382 e. The highest BCUT2D eigenvalue weighted by Gasteiger charge is 2.02. The number of nitrogens with one attached hydrogen (secondary N) is 1. The summed E-state index contributed by atoms with van der Waals surface area (Å²) in [5.74, 6) is -0.268. The zero-order valence-electron chi connectivity index (χ0n) is 8.54. The molecule has 0 saturated heterocycles. The maximum Gasteiger partial charge on any atom is 0.146 e. The van der Waals surface area contributed by atoms with Crippen molar-refractivity contribution in [1.82, 2.24) is 0 Å². The first-order valence-electron chi connectivity index (χ1n) is 4.97. The van der Waals surface area contributed by atoms with Crippen LogP contribution in [-0.4, -0.2) is 6.54 Å². The van der Waals surface area contributed by atoms with Crippen molar-refractivity contribution in [3.05, 3.63) is 51.4 Å². The van der Waals surface area contributed by atoms with Gasteiger partial charge >= 0.3 is 0 Å². The topological polar surface area (TPSA) is 12.0 Å². The third-order valence-electron chi connectivity index (χ3n) is 2.20. The van der Waals surface area contributed by atoms with Gasteiger partial charge in [-0.2, -0.15) is 0 Å². The van der Waals surface area contributed by atoms with Gasteiger partial charge in [-0.05, 0) is 36.1 Å². The zero-order chi connectivity index (χ0) is 11.4. The smallest absolute Gasteiger partial charge is 0.146 e. The van der Waals surface area contributed by atoms with Crippen LogP contribution >= 0.6 is 22.9 Å².